The standard InChI is InChI=1S/C24H36O3/c1-4-5-6-22(26)27-21-10-9-19-18-8-7-16-15-17(25)11-13-23(16,2)20(18)12-14-24(19,21)3/h15,18-21H,4-14H2,1-3H3/t18-,19-,20-,21-,23-,24-/m0/s1. The predicted molar refractivity (Wildman–Crippen MR) is 106 cm³/mol. The van der Waals surface area contributed by atoms with Gasteiger partial charge in [0.15, 0.2) is 5.78 Å². The topological polar surface area (TPSA) is 43.4 Å². The average Bonchev–Trinajstić information content (AvgIpc) is 2.97. The summed E-state index contributed by atoms with van der Waals surface area (Å²) >= 11 is 0. The highest BCUT2D eigenvalue weighted by molar-refractivity contribution is 5.91. The first-order valence-electron chi connectivity index (χ1n) is 11.3. The number of carbonyl (C=O) groups excluding carboxylic acids is 2. The Hall–Kier alpha value is -1.12. The molecule has 3 fully saturated rings. The summed E-state index contributed by atoms with van der Waals surface area (Å²) in [4.78, 5) is 24.2. The average molecular weight is 373 g/mol. The van der Waals surface area contributed by atoms with Crippen molar-refractivity contribution < 1.29 is 14.3 Å². The molecule has 0 spiro atoms. The van der Waals surface area contributed by atoms with Crippen molar-refractivity contribution in [3.05, 3.63) is 11.6 Å². The highest BCUT2D eigenvalue weighted by Crippen LogP contribution is 2.65. The summed E-state index contributed by atoms with van der Waals surface area (Å²) in [5.41, 5.74) is 1.82. The Kier molecular flexibility index (Phi) is 5.01. The van der Waals surface area contributed by atoms with Crippen molar-refractivity contribution in [1.82, 2.24) is 0 Å². The Bertz CT molecular complexity index is 650. The van der Waals surface area contributed by atoms with Gasteiger partial charge in [-0.1, -0.05) is 32.8 Å². The van der Waals surface area contributed by atoms with Gasteiger partial charge in [0.25, 0.3) is 0 Å². The molecule has 0 saturated heterocycles. The van der Waals surface area contributed by atoms with E-state index in [0.717, 1.165) is 44.4 Å². The molecule has 4 aliphatic rings. The molecule has 0 heterocycles. The second-order valence-corrected chi connectivity index (χ2v) is 10.2. The largest absolute Gasteiger partial charge is 0.462 e. The van der Waals surface area contributed by atoms with E-state index in [1.165, 1.54) is 31.3 Å². The fourth-order valence-electron chi connectivity index (χ4n) is 7.24. The third-order valence-electron chi connectivity index (χ3n) is 8.88. The van der Waals surface area contributed by atoms with Gasteiger partial charge in [-0.3, -0.25) is 9.59 Å². The van der Waals surface area contributed by atoms with Gasteiger partial charge in [-0.05, 0) is 80.6 Å². The Morgan fingerprint density at radius 2 is 1.93 bits per heavy atom. The smallest absolute Gasteiger partial charge is 0.306 e. The van der Waals surface area contributed by atoms with Crippen LogP contribution in [0.2, 0.25) is 0 Å². The monoisotopic (exact) mass is 372 g/mol. The zero-order valence-electron chi connectivity index (χ0n) is 17.4. The molecular weight excluding hydrogens is 336 g/mol. The highest BCUT2D eigenvalue weighted by Gasteiger charge is 2.59. The van der Waals surface area contributed by atoms with E-state index in [2.05, 4.69) is 20.8 Å². The molecule has 0 aromatic carbocycles. The van der Waals surface area contributed by atoms with Gasteiger partial charge in [0.05, 0.1) is 0 Å². The number of hydrogen-bond donors (Lipinski definition) is 0. The number of ether oxygens (including phenoxy) is 1. The molecule has 6 atom stereocenters. The fourth-order valence-corrected chi connectivity index (χ4v) is 7.24. The molecule has 4 aliphatic carbocycles. The molecule has 0 aromatic heterocycles. The minimum atomic E-state index is 0.0115. The SMILES string of the molecule is CCCCC(=O)O[C@H]1CC[C@H]2[C@@H]3CCC4=CC(=O)CC[C@]4(C)[C@H]3CC[C@]12C. The minimum Gasteiger partial charge on any atom is -0.462 e. The van der Waals surface area contributed by atoms with E-state index in [9.17, 15) is 9.59 Å². The van der Waals surface area contributed by atoms with Crippen molar-refractivity contribution in [3.63, 3.8) is 0 Å². The maximum Gasteiger partial charge on any atom is 0.306 e. The molecular formula is C24H36O3. The third-order valence-corrected chi connectivity index (χ3v) is 8.88. The Morgan fingerprint density at radius 1 is 1.11 bits per heavy atom. The summed E-state index contributed by atoms with van der Waals surface area (Å²) in [6.45, 7) is 6.95. The van der Waals surface area contributed by atoms with E-state index < -0.39 is 0 Å². The van der Waals surface area contributed by atoms with E-state index in [4.69, 9.17) is 4.74 Å². The van der Waals surface area contributed by atoms with Crippen LogP contribution in [0.15, 0.2) is 11.6 Å². The van der Waals surface area contributed by atoms with Crippen LogP contribution in [0.1, 0.15) is 91.4 Å². The molecule has 27 heavy (non-hydrogen) atoms. The van der Waals surface area contributed by atoms with Crippen LogP contribution in [0.25, 0.3) is 0 Å². The zero-order valence-corrected chi connectivity index (χ0v) is 17.4. The van der Waals surface area contributed by atoms with Crippen LogP contribution in [0.3, 0.4) is 0 Å². The number of unbranched alkanes of at least 4 members (excludes halogenated alkanes) is 1. The van der Waals surface area contributed by atoms with Gasteiger partial charge < -0.3 is 4.74 Å². The molecule has 0 amide bonds. The second-order valence-electron chi connectivity index (χ2n) is 10.2. The van der Waals surface area contributed by atoms with E-state index in [-0.39, 0.29) is 22.9 Å². The van der Waals surface area contributed by atoms with E-state index in [1.54, 1.807) is 0 Å². The van der Waals surface area contributed by atoms with Crippen LogP contribution in [0.5, 0.6) is 0 Å². The number of ketones is 1. The molecule has 0 N–H and O–H groups in total. The molecule has 150 valence electrons. The van der Waals surface area contributed by atoms with Crippen LogP contribution >= 0.6 is 0 Å². The van der Waals surface area contributed by atoms with E-state index in [1.807, 2.05) is 6.08 Å². The molecule has 3 nitrogen and oxygen atoms in total. The summed E-state index contributed by atoms with van der Waals surface area (Å²) in [6, 6.07) is 0. The Balaban J connectivity index is 1.51. The van der Waals surface area contributed by atoms with Crippen molar-refractivity contribution in [3.8, 4) is 0 Å². The van der Waals surface area contributed by atoms with Crippen molar-refractivity contribution in [2.45, 2.75) is 97.5 Å². The number of esters is 1. The second kappa shape index (κ2) is 7.04. The lowest BCUT2D eigenvalue weighted by molar-refractivity contribution is -0.160. The van der Waals surface area contributed by atoms with Gasteiger partial charge >= 0.3 is 5.97 Å². The van der Waals surface area contributed by atoms with Crippen LogP contribution in [-0.4, -0.2) is 17.9 Å². The quantitative estimate of drug-likeness (QED) is 0.602. The van der Waals surface area contributed by atoms with Crippen LogP contribution in [0, 0.1) is 28.6 Å². The predicted octanol–water partition coefficient (Wildman–Crippen LogP) is 5.62. The fraction of sp³-hybridized carbons (Fsp3) is 0.833. The molecule has 0 radical (unpaired) electrons. The molecule has 0 aromatic rings. The lowest BCUT2D eigenvalue weighted by atomic mass is 9.47. The molecule has 3 heteroatoms. The first kappa shape index (κ1) is 19.2. The van der Waals surface area contributed by atoms with E-state index in [0.29, 0.717) is 24.0 Å². The summed E-state index contributed by atoms with van der Waals surface area (Å²) in [6.07, 6.45) is 13.4. The van der Waals surface area contributed by atoms with Crippen molar-refractivity contribution in [2.24, 2.45) is 28.6 Å². The van der Waals surface area contributed by atoms with Gasteiger partial charge in [0.2, 0.25) is 0 Å². The molecule has 4 rings (SSSR count). The van der Waals surface area contributed by atoms with Gasteiger partial charge in [0.1, 0.15) is 6.10 Å². The molecule has 0 bridgehead atoms. The number of fused-ring (bicyclic) bond motifs is 5. The van der Waals surface area contributed by atoms with Crippen LogP contribution in [-0.2, 0) is 14.3 Å². The van der Waals surface area contributed by atoms with Crippen molar-refractivity contribution >= 4 is 11.8 Å². The Morgan fingerprint density at radius 3 is 2.70 bits per heavy atom. The van der Waals surface area contributed by atoms with Crippen molar-refractivity contribution in [2.75, 3.05) is 0 Å². The normalized spacial score (nSPS) is 43.4. The Labute approximate surface area is 164 Å². The van der Waals surface area contributed by atoms with Crippen molar-refractivity contribution in [1.29, 1.82) is 0 Å². The summed E-state index contributed by atoms with van der Waals surface area (Å²) in [7, 11) is 0. The number of hydrogen-bond acceptors (Lipinski definition) is 3. The summed E-state index contributed by atoms with van der Waals surface area (Å²) < 4.78 is 6.02. The van der Waals surface area contributed by atoms with E-state index >= 15 is 0 Å². The maximum absolute atomic E-state index is 12.3. The minimum absolute atomic E-state index is 0.0115. The van der Waals surface area contributed by atoms with Gasteiger partial charge in [0, 0.05) is 18.3 Å². The first-order valence-corrected chi connectivity index (χ1v) is 11.3. The lowest BCUT2D eigenvalue weighted by Gasteiger charge is -2.57. The lowest BCUT2D eigenvalue weighted by Crippen LogP contribution is -2.51. The molecule has 0 aliphatic heterocycles. The van der Waals surface area contributed by atoms with Crippen LogP contribution in [0.4, 0.5) is 0 Å². The van der Waals surface area contributed by atoms with Gasteiger partial charge in [-0.2, -0.15) is 0 Å². The molecule has 0 unspecified atom stereocenters. The number of carbonyl (C=O) groups is 2. The number of rotatable bonds is 4. The zero-order chi connectivity index (χ0) is 19.2. The third kappa shape index (κ3) is 3.09. The van der Waals surface area contributed by atoms with Crippen LogP contribution < -0.4 is 0 Å². The van der Waals surface area contributed by atoms with Gasteiger partial charge in [-0.25, -0.2) is 0 Å². The summed E-state index contributed by atoms with van der Waals surface area (Å²) in [5.74, 6) is 2.46. The molecule has 3 saturated carbocycles. The number of allylic oxidation sites excluding steroid dienone is 1. The van der Waals surface area contributed by atoms with Gasteiger partial charge in [-0.15, -0.1) is 0 Å². The highest BCUT2D eigenvalue weighted by atomic mass is 16.5. The maximum atomic E-state index is 12.3. The first-order chi connectivity index (χ1) is 12.9. The summed E-state index contributed by atoms with van der Waals surface area (Å²) in [5, 5.41) is 0.